The third kappa shape index (κ3) is 2.93. The van der Waals surface area contributed by atoms with E-state index in [2.05, 4.69) is 25.4 Å². The van der Waals surface area contributed by atoms with Gasteiger partial charge in [0.25, 0.3) is 0 Å². The Labute approximate surface area is 148 Å². The zero-order valence-electron chi connectivity index (χ0n) is 13.5. The highest BCUT2D eigenvalue weighted by Gasteiger charge is 2.15. The van der Waals surface area contributed by atoms with Crippen molar-refractivity contribution in [2.75, 3.05) is 0 Å². The van der Waals surface area contributed by atoms with E-state index in [1.165, 1.54) is 0 Å². The molecule has 0 saturated heterocycles. The molecule has 0 fully saturated rings. The summed E-state index contributed by atoms with van der Waals surface area (Å²) in [5, 5.41) is 19.0. The molecule has 26 heavy (non-hydrogen) atoms. The van der Waals surface area contributed by atoms with E-state index in [-0.39, 0.29) is 5.69 Å². The van der Waals surface area contributed by atoms with Crippen molar-refractivity contribution in [3.05, 3.63) is 72.7 Å². The van der Waals surface area contributed by atoms with E-state index in [1.807, 2.05) is 48.5 Å². The summed E-state index contributed by atoms with van der Waals surface area (Å²) in [4.78, 5) is 19.7. The van der Waals surface area contributed by atoms with Crippen molar-refractivity contribution < 1.29 is 9.90 Å². The maximum atomic E-state index is 11.2. The Morgan fingerprint density at radius 1 is 0.808 bits per heavy atom. The van der Waals surface area contributed by atoms with Crippen molar-refractivity contribution >= 4 is 5.97 Å². The van der Waals surface area contributed by atoms with Crippen LogP contribution in [0.4, 0.5) is 0 Å². The Hall–Kier alpha value is -3.87. The standard InChI is InChI=1S/C19H13N5O2/c25-19(26)17-16(22-24-23-17)14-6-2-12(3-7-14)13-4-8-15(9-5-13)18-20-10-1-11-21-18/h1-11H,(H,25,26)(H,22,23,24). The van der Waals surface area contributed by atoms with Crippen molar-refractivity contribution in [3.8, 4) is 33.8 Å². The summed E-state index contributed by atoms with van der Waals surface area (Å²) in [5.41, 5.74) is 3.98. The van der Waals surface area contributed by atoms with Gasteiger partial charge in [0.15, 0.2) is 11.5 Å². The van der Waals surface area contributed by atoms with Crippen LogP contribution in [0.25, 0.3) is 33.8 Å². The fraction of sp³-hybridized carbons (Fsp3) is 0. The average molecular weight is 343 g/mol. The largest absolute Gasteiger partial charge is 0.476 e. The Kier molecular flexibility index (Phi) is 3.95. The van der Waals surface area contributed by atoms with Crippen molar-refractivity contribution in [2.24, 2.45) is 0 Å². The number of aromatic nitrogens is 5. The molecule has 7 heteroatoms. The molecule has 4 aromatic rings. The number of H-pyrrole nitrogens is 1. The number of hydrogen-bond acceptors (Lipinski definition) is 5. The SMILES string of the molecule is O=C(O)c1[nH]nnc1-c1ccc(-c2ccc(-c3ncccn3)cc2)cc1. The van der Waals surface area contributed by atoms with Crippen LogP contribution in [0.2, 0.25) is 0 Å². The zero-order valence-corrected chi connectivity index (χ0v) is 13.5. The fourth-order valence-corrected chi connectivity index (χ4v) is 2.66. The average Bonchev–Trinajstić information content (AvgIpc) is 3.19. The number of benzene rings is 2. The number of hydrogen-bond donors (Lipinski definition) is 2. The molecule has 0 unspecified atom stereocenters. The smallest absolute Gasteiger partial charge is 0.356 e. The third-order valence-corrected chi connectivity index (χ3v) is 3.96. The number of carbonyl (C=O) groups is 1. The van der Waals surface area contributed by atoms with Crippen LogP contribution in [0.1, 0.15) is 10.5 Å². The summed E-state index contributed by atoms with van der Waals surface area (Å²) < 4.78 is 0. The number of aromatic carboxylic acids is 1. The summed E-state index contributed by atoms with van der Waals surface area (Å²) in [6.07, 6.45) is 3.43. The van der Waals surface area contributed by atoms with E-state index in [1.54, 1.807) is 18.5 Å². The van der Waals surface area contributed by atoms with Crippen LogP contribution < -0.4 is 0 Å². The molecule has 2 heterocycles. The van der Waals surface area contributed by atoms with Crippen LogP contribution >= 0.6 is 0 Å². The molecular weight excluding hydrogens is 330 g/mol. The van der Waals surface area contributed by atoms with E-state index < -0.39 is 5.97 Å². The first-order valence-corrected chi connectivity index (χ1v) is 7.85. The number of nitrogens with zero attached hydrogens (tertiary/aromatic N) is 4. The van der Waals surface area contributed by atoms with Crippen molar-refractivity contribution in [3.63, 3.8) is 0 Å². The molecule has 2 aromatic heterocycles. The number of carboxylic acids is 1. The second kappa shape index (κ2) is 6.56. The number of rotatable bonds is 4. The Morgan fingerprint density at radius 3 is 1.92 bits per heavy atom. The molecule has 0 aliphatic rings. The Balaban J connectivity index is 1.61. The highest BCUT2D eigenvalue weighted by atomic mass is 16.4. The van der Waals surface area contributed by atoms with Crippen molar-refractivity contribution in [1.82, 2.24) is 25.4 Å². The van der Waals surface area contributed by atoms with Crippen LogP contribution in [-0.4, -0.2) is 36.5 Å². The number of aromatic amines is 1. The van der Waals surface area contributed by atoms with Crippen LogP contribution in [-0.2, 0) is 0 Å². The molecule has 0 atom stereocenters. The van der Waals surface area contributed by atoms with Gasteiger partial charge in [-0.05, 0) is 17.2 Å². The summed E-state index contributed by atoms with van der Waals surface area (Å²) >= 11 is 0. The van der Waals surface area contributed by atoms with Gasteiger partial charge in [0.05, 0.1) is 0 Å². The van der Waals surface area contributed by atoms with Crippen LogP contribution in [0.3, 0.4) is 0 Å². The molecule has 0 aliphatic carbocycles. The number of nitrogens with one attached hydrogen (secondary N) is 1. The van der Waals surface area contributed by atoms with Gasteiger partial charge < -0.3 is 5.11 Å². The van der Waals surface area contributed by atoms with Gasteiger partial charge in [-0.25, -0.2) is 14.8 Å². The molecule has 0 radical (unpaired) electrons. The minimum Gasteiger partial charge on any atom is -0.476 e. The first kappa shape index (κ1) is 15.6. The second-order valence-electron chi connectivity index (χ2n) is 5.57. The maximum Gasteiger partial charge on any atom is 0.356 e. The topological polar surface area (TPSA) is 105 Å². The van der Waals surface area contributed by atoms with Crippen LogP contribution in [0, 0.1) is 0 Å². The minimum atomic E-state index is -1.09. The second-order valence-corrected chi connectivity index (χ2v) is 5.57. The van der Waals surface area contributed by atoms with Crippen molar-refractivity contribution in [2.45, 2.75) is 0 Å². The van der Waals surface area contributed by atoms with E-state index in [0.717, 1.165) is 16.7 Å². The highest BCUT2D eigenvalue weighted by Crippen LogP contribution is 2.26. The van der Waals surface area contributed by atoms with E-state index in [4.69, 9.17) is 5.11 Å². The van der Waals surface area contributed by atoms with E-state index >= 15 is 0 Å². The van der Waals surface area contributed by atoms with Gasteiger partial charge in [-0.3, -0.25) is 5.10 Å². The monoisotopic (exact) mass is 343 g/mol. The molecule has 7 nitrogen and oxygen atoms in total. The lowest BCUT2D eigenvalue weighted by Gasteiger charge is -2.05. The van der Waals surface area contributed by atoms with Gasteiger partial charge in [-0.2, -0.15) is 0 Å². The predicted octanol–water partition coefficient (Wildman–Crippen LogP) is 3.29. The van der Waals surface area contributed by atoms with E-state index in [0.29, 0.717) is 17.1 Å². The predicted molar refractivity (Wildman–Crippen MR) is 95.2 cm³/mol. The van der Waals surface area contributed by atoms with Gasteiger partial charge >= 0.3 is 5.97 Å². The molecule has 0 saturated carbocycles. The lowest BCUT2D eigenvalue weighted by Crippen LogP contribution is -1.99. The van der Waals surface area contributed by atoms with Crippen LogP contribution in [0.5, 0.6) is 0 Å². The first-order chi connectivity index (χ1) is 12.7. The molecule has 2 N–H and O–H groups in total. The van der Waals surface area contributed by atoms with Crippen molar-refractivity contribution in [1.29, 1.82) is 0 Å². The Bertz CT molecular complexity index is 1040. The molecule has 0 aliphatic heterocycles. The summed E-state index contributed by atoms with van der Waals surface area (Å²) in [5.74, 6) is -0.408. The Morgan fingerprint density at radius 2 is 1.35 bits per heavy atom. The van der Waals surface area contributed by atoms with Gasteiger partial charge in [0, 0.05) is 23.5 Å². The molecule has 0 bridgehead atoms. The molecule has 0 amide bonds. The minimum absolute atomic E-state index is 0.0232. The van der Waals surface area contributed by atoms with Gasteiger partial charge in [0.2, 0.25) is 0 Å². The summed E-state index contributed by atoms with van der Waals surface area (Å²) in [7, 11) is 0. The lowest BCUT2D eigenvalue weighted by atomic mass is 10.0. The fourth-order valence-electron chi connectivity index (χ4n) is 2.66. The van der Waals surface area contributed by atoms with E-state index in [9.17, 15) is 4.79 Å². The summed E-state index contributed by atoms with van der Waals surface area (Å²) in [6, 6.07) is 17.2. The third-order valence-electron chi connectivity index (χ3n) is 3.96. The zero-order chi connectivity index (χ0) is 17.9. The molecular formula is C19H13N5O2. The molecule has 4 rings (SSSR count). The van der Waals surface area contributed by atoms with Crippen LogP contribution in [0.15, 0.2) is 67.0 Å². The maximum absolute atomic E-state index is 11.2. The van der Waals surface area contributed by atoms with Gasteiger partial charge in [-0.15, -0.1) is 5.10 Å². The molecule has 2 aromatic carbocycles. The van der Waals surface area contributed by atoms with Gasteiger partial charge in [0.1, 0.15) is 5.69 Å². The normalized spacial score (nSPS) is 10.6. The number of carboxylic acid groups (broad SMARTS) is 1. The molecule has 0 spiro atoms. The quantitative estimate of drug-likeness (QED) is 0.589. The van der Waals surface area contributed by atoms with Gasteiger partial charge in [-0.1, -0.05) is 53.7 Å². The summed E-state index contributed by atoms with van der Waals surface area (Å²) in [6.45, 7) is 0. The molecule has 126 valence electrons. The lowest BCUT2D eigenvalue weighted by molar-refractivity contribution is 0.0691. The first-order valence-electron chi connectivity index (χ1n) is 7.85. The highest BCUT2D eigenvalue weighted by molar-refractivity contribution is 5.92.